The van der Waals surface area contributed by atoms with E-state index in [0.29, 0.717) is 6.61 Å². The molecule has 1 aromatic carbocycles. The molecule has 2 aliphatic rings. The fraction of sp³-hybridized carbons (Fsp3) is 0.636. The molecule has 0 radical (unpaired) electrons. The minimum Gasteiger partial charge on any atom is -0.494 e. The Hall–Kier alpha value is -2.04. The van der Waals surface area contributed by atoms with Gasteiger partial charge in [-0.2, -0.15) is 0 Å². The molecule has 27 heavy (non-hydrogen) atoms. The average molecular weight is 373 g/mol. The Kier molecular flexibility index (Phi) is 5.78. The molecule has 1 amide bonds. The van der Waals surface area contributed by atoms with Crippen LogP contribution in [0.3, 0.4) is 0 Å². The lowest BCUT2D eigenvalue weighted by Crippen LogP contribution is -2.56. The van der Waals surface area contributed by atoms with Gasteiger partial charge >= 0.3 is 6.09 Å². The molecular formula is C22H31NO4. The fourth-order valence-electron chi connectivity index (χ4n) is 4.33. The van der Waals surface area contributed by atoms with Crippen molar-refractivity contribution in [3.05, 3.63) is 29.8 Å². The maximum absolute atomic E-state index is 13.0. The zero-order valence-corrected chi connectivity index (χ0v) is 16.9. The highest BCUT2D eigenvalue weighted by Crippen LogP contribution is 2.39. The maximum Gasteiger partial charge on any atom is 0.410 e. The van der Waals surface area contributed by atoms with Crippen molar-refractivity contribution in [3.8, 4) is 5.75 Å². The van der Waals surface area contributed by atoms with Gasteiger partial charge in [0.05, 0.1) is 6.61 Å². The first kappa shape index (κ1) is 19.7. The van der Waals surface area contributed by atoms with E-state index in [4.69, 9.17) is 9.47 Å². The molecule has 2 aliphatic heterocycles. The molecule has 5 heteroatoms. The van der Waals surface area contributed by atoms with E-state index in [1.54, 1.807) is 0 Å². The Bertz CT molecular complexity index is 663. The van der Waals surface area contributed by atoms with Gasteiger partial charge in [0.1, 0.15) is 11.4 Å². The van der Waals surface area contributed by atoms with E-state index in [1.807, 2.05) is 56.9 Å². The van der Waals surface area contributed by atoms with Gasteiger partial charge in [0, 0.05) is 23.6 Å². The van der Waals surface area contributed by atoms with Crippen LogP contribution in [0.5, 0.6) is 5.75 Å². The van der Waals surface area contributed by atoms with E-state index < -0.39 is 5.60 Å². The number of nitrogens with zero attached hydrogens (tertiary/aromatic N) is 1. The summed E-state index contributed by atoms with van der Waals surface area (Å²) < 4.78 is 11.1. The minimum absolute atomic E-state index is 0.0306. The van der Waals surface area contributed by atoms with Crippen LogP contribution in [0.4, 0.5) is 4.79 Å². The van der Waals surface area contributed by atoms with Crippen LogP contribution >= 0.6 is 0 Å². The fourth-order valence-corrected chi connectivity index (χ4v) is 4.33. The molecular weight excluding hydrogens is 342 g/mol. The lowest BCUT2D eigenvalue weighted by molar-refractivity contribution is -0.0260. The zero-order valence-electron chi connectivity index (χ0n) is 16.9. The Morgan fingerprint density at radius 2 is 1.67 bits per heavy atom. The highest BCUT2D eigenvalue weighted by Gasteiger charge is 2.44. The molecule has 5 nitrogen and oxygen atoms in total. The summed E-state index contributed by atoms with van der Waals surface area (Å²) in [5.41, 5.74) is 0.229. The van der Waals surface area contributed by atoms with E-state index in [1.165, 1.54) is 0 Å². The van der Waals surface area contributed by atoms with Crippen LogP contribution in [-0.4, -0.2) is 41.1 Å². The molecule has 0 aromatic heterocycles. The van der Waals surface area contributed by atoms with E-state index in [-0.39, 0.29) is 29.9 Å². The van der Waals surface area contributed by atoms with Crippen molar-refractivity contribution in [1.29, 1.82) is 0 Å². The molecule has 0 spiro atoms. The molecule has 148 valence electrons. The molecule has 2 atom stereocenters. The van der Waals surface area contributed by atoms with Gasteiger partial charge in [-0.3, -0.25) is 4.79 Å². The topological polar surface area (TPSA) is 55.8 Å². The number of ketones is 1. The van der Waals surface area contributed by atoms with Crippen molar-refractivity contribution in [2.75, 3.05) is 6.61 Å². The third-order valence-electron chi connectivity index (χ3n) is 5.40. The third kappa shape index (κ3) is 4.63. The smallest absolute Gasteiger partial charge is 0.410 e. The number of ether oxygens (including phenoxy) is 2. The summed E-state index contributed by atoms with van der Waals surface area (Å²) in [5.74, 6) is 0.932. The first-order valence-electron chi connectivity index (χ1n) is 10.1. The SMILES string of the molecule is CCOc1ccc(C(=O)C2CC3CCCC(C2)N3C(=O)OC(C)(C)C)cc1. The van der Waals surface area contributed by atoms with Crippen LogP contribution in [-0.2, 0) is 4.74 Å². The maximum atomic E-state index is 13.0. The van der Waals surface area contributed by atoms with Gasteiger partial charge in [-0.1, -0.05) is 0 Å². The predicted molar refractivity (Wildman–Crippen MR) is 104 cm³/mol. The zero-order chi connectivity index (χ0) is 19.6. The summed E-state index contributed by atoms with van der Waals surface area (Å²) in [4.78, 5) is 27.6. The van der Waals surface area contributed by atoms with Crippen molar-refractivity contribution >= 4 is 11.9 Å². The Labute approximate surface area is 162 Å². The molecule has 0 aliphatic carbocycles. The number of hydrogen-bond acceptors (Lipinski definition) is 4. The molecule has 2 saturated heterocycles. The highest BCUT2D eigenvalue weighted by atomic mass is 16.6. The van der Waals surface area contributed by atoms with E-state index >= 15 is 0 Å². The van der Waals surface area contributed by atoms with Gasteiger partial charge in [0.15, 0.2) is 5.78 Å². The lowest BCUT2D eigenvalue weighted by Gasteiger charge is -2.48. The number of carbonyl (C=O) groups is 2. The van der Waals surface area contributed by atoms with Crippen LogP contribution in [0.2, 0.25) is 0 Å². The summed E-state index contributed by atoms with van der Waals surface area (Å²) in [5, 5.41) is 0. The third-order valence-corrected chi connectivity index (χ3v) is 5.40. The normalized spacial score (nSPS) is 25.0. The Balaban J connectivity index is 1.70. The minimum atomic E-state index is -0.500. The molecule has 0 saturated carbocycles. The monoisotopic (exact) mass is 373 g/mol. The molecule has 2 fully saturated rings. The summed E-state index contributed by atoms with van der Waals surface area (Å²) in [7, 11) is 0. The number of fused-ring (bicyclic) bond motifs is 2. The largest absolute Gasteiger partial charge is 0.494 e. The van der Waals surface area contributed by atoms with Crippen LogP contribution < -0.4 is 4.74 Å². The van der Waals surface area contributed by atoms with Crippen molar-refractivity contribution in [2.45, 2.75) is 77.5 Å². The molecule has 2 unspecified atom stereocenters. The number of carbonyl (C=O) groups excluding carboxylic acids is 2. The quantitative estimate of drug-likeness (QED) is 0.709. The van der Waals surface area contributed by atoms with Crippen molar-refractivity contribution in [3.63, 3.8) is 0 Å². The van der Waals surface area contributed by atoms with E-state index in [9.17, 15) is 9.59 Å². The number of benzene rings is 1. The summed E-state index contributed by atoms with van der Waals surface area (Å²) >= 11 is 0. The number of rotatable bonds is 4. The Morgan fingerprint density at radius 1 is 1.07 bits per heavy atom. The average Bonchev–Trinajstić information content (AvgIpc) is 2.59. The van der Waals surface area contributed by atoms with Crippen molar-refractivity contribution in [1.82, 2.24) is 4.90 Å². The number of hydrogen-bond donors (Lipinski definition) is 0. The predicted octanol–water partition coefficient (Wildman–Crippen LogP) is 4.84. The van der Waals surface area contributed by atoms with Gasteiger partial charge in [-0.25, -0.2) is 4.79 Å². The summed E-state index contributed by atoms with van der Waals surface area (Å²) in [6.07, 6.45) is 4.22. The van der Waals surface area contributed by atoms with Crippen molar-refractivity contribution < 1.29 is 19.1 Å². The van der Waals surface area contributed by atoms with Gasteiger partial charge in [-0.05, 0) is 84.1 Å². The number of amides is 1. The summed E-state index contributed by atoms with van der Waals surface area (Å²) in [6.45, 7) is 8.23. The van der Waals surface area contributed by atoms with Crippen LogP contribution in [0.1, 0.15) is 70.2 Å². The lowest BCUT2D eigenvalue weighted by atomic mass is 9.76. The van der Waals surface area contributed by atoms with Crippen molar-refractivity contribution in [2.24, 2.45) is 5.92 Å². The second-order valence-electron chi connectivity index (χ2n) is 8.62. The molecule has 2 bridgehead atoms. The van der Waals surface area contributed by atoms with E-state index in [0.717, 1.165) is 43.4 Å². The van der Waals surface area contributed by atoms with Crippen LogP contribution in [0, 0.1) is 5.92 Å². The van der Waals surface area contributed by atoms with Crippen LogP contribution in [0.25, 0.3) is 0 Å². The van der Waals surface area contributed by atoms with Gasteiger partial charge in [0.2, 0.25) is 0 Å². The molecule has 3 rings (SSSR count). The standard InChI is InChI=1S/C22H31NO4/c1-5-26-19-11-9-15(10-12-19)20(24)16-13-17-7-6-8-18(14-16)23(17)21(25)27-22(2,3)4/h9-12,16-18H,5-8,13-14H2,1-4H3. The molecule has 2 heterocycles. The summed E-state index contributed by atoms with van der Waals surface area (Å²) in [6, 6.07) is 7.61. The number of piperidine rings is 2. The second kappa shape index (κ2) is 7.91. The van der Waals surface area contributed by atoms with Gasteiger partial charge in [0.25, 0.3) is 0 Å². The second-order valence-corrected chi connectivity index (χ2v) is 8.62. The van der Waals surface area contributed by atoms with Gasteiger partial charge < -0.3 is 14.4 Å². The van der Waals surface area contributed by atoms with Crippen LogP contribution in [0.15, 0.2) is 24.3 Å². The highest BCUT2D eigenvalue weighted by molar-refractivity contribution is 5.98. The Morgan fingerprint density at radius 3 is 2.19 bits per heavy atom. The first-order chi connectivity index (χ1) is 12.8. The molecule has 0 N–H and O–H groups in total. The van der Waals surface area contributed by atoms with Gasteiger partial charge in [-0.15, -0.1) is 0 Å². The number of Topliss-reactive ketones (excluding diaryl/α,β-unsaturated/α-hetero) is 1. The molecule has 1 aromatic rings. The first-order valence-corrected chi connectivity index (χ1v) is 10.1. The van der Waals surface area contributed by atoms with E-state index in [2.05, 4.69) is 0 Å².